The SMILES string of the molecule is C/C=C\C(=C/C)OC(=O)c1ccccc1.CC.CC.CC(C)C.[CH3-].[Y]. The van der Waals surface area contributed by atoms with E-state index in [2.05, 4.69) is 20.8 Å². The van der Waals surface area contributed by atoms with Crippen LogP contribution in [0.4, 0.5) is 0 Å². The third-order valence-electron chi connectivity index (χ3n) is 1.84. The number of hydrogen-bond donors (Lipinski definition) is 0. The van der Waals surface area contributed by atoms with Crippen molar-refractivity contribution in [3.63, 3.8) is 0 Å². The van der Waals surface area contributed by atoms with Gasteiger partial charge in [0.1, 0.15) is 5.76 Å². The van der Waals surface area contributed by atoms with Gasteiger partial charge in [0.15, 0.2) is 0 Å². The van der Waals surface area contributed by atoms with Gasteiger partial charge in [-0.2, -0.15) is 0 Å². The van der Waals surface area contributed by atoms with Crippen LogP contribution in [0.25, 0.3) is 0 Å². The second-order valence-electron chi connectivity index (χ2n) is 4.68. The van der Waals surface area contributed by atoms with Crippen LogP contribution in [0.15, 0.2) is 54.3 Å². The molecule has 0 aromatic heterocycles. The molecule has 0 saturated carbocycles. The largest absolute Gasteiger partial charge is 0.423 e. The zero-order valence-corrected chi connectivity index (χ0v) is 20.9. The molecule has 0 N–H and O–H groups in total. The molecular weight excluding hydrogens is 385 g/mol. The second-order valence-corrected chi connectivity index (χ2v) is 4.68. The normalized spacial score (nSPS) is 8.96. The van der Waals surface area contributed by atoms with E-state index in [1.807, 2.05) is 65.8 Å². The molecule has 1 rings (SSSR count). The Hall–Kier alpha value is -0.726. The molecule has 0 heterocycles. The summed E-state index contributed by atoms with van der Waals surface area (Å²) in [7, 11) is 0. The summed E-state index contributed by atoms with van der Waals surface area (Å²) in [6, 6.07) is 8.93. The van der Waals surface area contributed by atoms with Crippen LogP contribution in [0.3, 0.4) is 0 Å². The van der Waals surface area contributed by atoms with Crippen LogP contribution in [0.2, 0.25) is 0 Å². The topological polar surface area (TPSA) is 26.3 Å². The molecule has 143 valence electrons. The van der Waals surface area contributed by atoms with E-state index in [1.54, 1.807) is 24.3 Å². The number of esters is 1. The number of carbonyl (C=O) groups is 1. The predicted octanol–water partition coefficient (Wildman–Crippen LogP) is 7.49. The summed E-state index contributed by atoms with van der Waals surface area (Å²) in [5.74, 6) is 1.06. The van der Waals surface area contributed by atoms with E-state index in [9.17, 15) is 4.79 Å². The molecule has 0 aliphatic rings. The molecule has 0 spiro atoms. The first-order chi connectivity index (χ1) is 11.0. The van der Waals surface area contributed by atoms with Gasteiger partial charge in [-0.05, 0) is 44.1 Å². The summed E-state index contributed by atoms with van der Waals surface area (Å²) < 4.78 is 5.16. The molecule has 0 aliphatic carbocycles. The molecule has 0 amide bonds. The first-order valence-electron chi connectivity index (χ1n) is 8.57. The van der Waals surface area contributed by atoms with Crippen molar-refractivity contribution in [2.45, 2.75) is 62.3 Å². The molecule has 0 atom stereocenters. The van der Waals surface area contributed by atoms with Crippen molar-refractivity contribution < 1.29 is 42.2 Å². The van der Waals surface area contributed by atoms with Gasteiger partial charge in [0, 0.05) is 32.7 Å². The van der Waals surface area contributed by atoms with Crippen molar-refractivity contribution in [2.75, 3.05) is 0 Å². The van der Waals surface area contributed by atoms with Gasteiger partial charge < -0.3 is 12.2 Å². The van der Waals surface area contributed by atoms with Gasteiger partial charge in [0.2, 0.25) is 0 Å². The molecule has 25 heavy (non-hydrogen) atoms. The maximum atomic E-state index is 11.6. The van der Waals surface area contributed by atoms with Crippen LogP contribution in [0.1, 0.15) is 72.7 Å². The number of rotatable bonds is 3. The summed E-state index contributed by atoms with van der Waals surface area (Å²) in [5, 5.41) is 0. The molecule has 0 saturated heterocycles. The van der Waals surface area contributed by atoms with Gasteiger partial charge in [-0.1, -0.05) is 72.7 Å². The summed E-state index contributed by atoms with van der Waals surface area (Å²) in [4.78, 5) is 11.6. The third-order valence-corrected chi connectivity index (χ3v) is 1.84. The number of allylic oxidation sites excluding steroid dienone is 3. The zero-order valence-electron chi connectivity index (χ0n) is 18.1. The van der Waals surface area contributed by atoms with Crippen molar-refractivity contribution in [3.05, 3.63) is 67.3 Å². The maximum absolute atomic E-state index is 11.6. The van der Waals surface area contributed by atoms with Gasteiger partial charge >= 0.3 is 5.97 Å². The zero-order chi connectivity index (χ0) is 18.7. The Morgan fingerprint density at radius 2 is 1.36 bits per heavy atom. The fraction of sp³-hybridized carbons (Fsp3) is 0.455. The first kappa shape index (κ1) is 35.4. The molecule has 0 unspecified atom stereocenters. The molecule has 1 aromatic carbocycles. The molecule has 3 heteroatoms. The van der Waals surface area contributed by atoms with Crippen LogP contribution >= 0.6 is 0 Å². The Morgan fingerprint density at radius 1 is 0.960 bits per heavy atom. The van der Waals surface area contributed by atoms with Crippen molar-refractivity contribution in [2.24, 2.45) is 5.92 Å². The van der Waals surface area contributed by atoms with Gasteiger partial charge in [0.25, 0.3) is 0 Å². The van der Waals surface area contributed by atoms with E-state index < -0.39 is 0 Å². The van der Waals surface area contributed by atoms with Crippen LogP contribution in [0, 0.1) is 13.3 Å². The summed E-state index contributed by atoms with van der Waals surface area (Å²) in [6.07, 6.45) is 5.33. The number of ether oxygens (including phenoxy) is 1. The predicted molar refractivity (Wildman–Crippen MR) is 110 cm³/mol. The molecule has 1 radical (unpaired) electrons. The average molecular weight is 424 g/mol. The van der Waals surface area contributed by atoms with Gasteiger partial charge in [0.05, 0.1) is 5.56 Å². The Kier molecular flexibility index (Phi) is 39.8. The second kappa shape index (κ2) is 28.1. The van der Waals surface area contributed by atoms with Crippen LogP contribution in [0.5, 0.6) is 0 Å². The average Bonchev–Trinajstić information content (AvgIpc) is 2.58. The molecular formula is C22H39O2Y-. The van der Waals surface area contributed by atoms with Crippen LogP contribution in [-0.2, 0) is 37.4 Å². The number of benzene rings is 1. The Morgan fingerprint density at radius 3 is 1.68 bits per heavy atom. The fourth-order valence-electron chi connectivity index (χ4n) is 1.09. The minimum absolute atomic E-state index is 0. The molecule has 0 bridgehead atoms. The minimum Gasteiger partial charge on any atom is -0.423 e. The Labute approximate surface area is 183 Å². The van der Waals surface area contributed by atoms with E-state index in [4.69, 9.17) is 4.74 Å². The maximum Gasteiger partial charge on any atom is 0.343 e. The van der Waals surface area contributed by atoms with Crippen molar-refractivity contribution in [1.82, 2.24) is 0 Å². The van der Waals surface area contributed by atoms with Crippen LogP contribution in [-0.4, -0.2) is 5.97 Å². The van der Waals surface area contributed by atoms with Gasteiger partial charge in [-0.25, -0.2) is 4.79 Å². The summed E-state index contributed by atoms with van der Waals surface area (Å²) in [5.41, 5.74) is 0.557. The van der Waals surface area contributed by atoms with E-state index in [0.717, 1.165) is 5.92 Å². The van der Waals surface area contributed by atoms with Crippen molar-refractivity contribution in [3.8, 4) is 0 Å². The van der Waals surface area contributed by atoms with E-state index in [1.165, 1.54) is 0 Å². The van der Waals surface area contributed by atoms with E-state index >= 15 is 0 Å². The molecule has 1 aromatic rings. The first-order valence-corrected chi connectivity index (χ1v) is 8.57. The van der Waals surface area contributed by atoms with Gasteiger partial charge in [-0.3, -0.25) is 0 Å². The van der Waals surface area contributed by atoms with Crippen molar-refractivity contribution >= 4 is 5.97 Å². The van der Waals surface area contributed by atoms with Crippen LogP contribution < -0.4 is 0 Å². The Bertz CT molecular complexity index is 418. The van der Waals surface area contributed by atoms with E-state index in [-0.39, 0.29) is 46.1 Å². The fourth-order valence-corrected chi connectivity index (χ4v) is 1.09. The number of hydrogen-bond acceptors (Lipinski definition) is 2. The number of carbonyl (C=O) groups excluding carboxylic acids is 1. The monoisotopic (exact) mass is 424 g/mol. The summed E-state index contributed by atoms with van der Waals surface area (Å²) in [6.45, 7) is 18.2. The smallest absolute Gasteiger partial charge is 0.343 e. The van der Waals surface area contributed by atoms with Gasteiger partial charge in [-0.15, -0.1) is 0 Å². The quantitative estimate of drug-likeness (QED) is 0.218. The van der Waals surface area contributed by atoms with Crippen molar-refractivity contribution in [1.29, 1.82) is 0 Å². The molecule has 2 nitrogen and oxygen atoms in total. The van der Waals surface area contributed by atoms with E-state index in [0.29, 0.717) is 11.3 Å². The standard InChI is InChI=1S/C13H14O2.C4H10.2C2H6.CH3.Y/c1-3-8-12(4-2)15-13(14)11-9-6-5-7-10-11;1-4(2)3;2*1-2;;/h3-10H,1-2H3;4H,1-3H3;2*1-2H3;1H3;/q;;;;-1;/b8-3-,12-4+;;;;;. The minimum atomic E-state index is -0.332. The Balaban J connectivity index is -0.000000115. The molecule has 0 aliphatic heterocycles. The molecule has 0 fully saturated rings. The third kappa shape index (κ3) is 25.6. The summed E-state index contributed by atoms with van der Waals surface area (Å²) >= 11 is 0.